The van der Waals surface area contributed by atoms with Crippen molar-refractivity contribution in [2.75, 3.05) is 12.4 Å². The van der Waals surface area contributed by atoms with Gasteiger partial charge in [-0.25, -0.2) is 14.4 Å². The highest BCUT2D eigenvalue weighted by molar-refractivity contribution is 5.93. The molecule has 0 spiro atoms. The number of amides is 2. The summed E-state index contributed by atoms with van der Waals surface area (Å²) in [5.41, 5.74) is 1.68. The van der Waals surface area contributed by atoms with Gasteiger partial charge in [0.2, 0.25) is 11.8 Å². The minimum atomic E-state index is -0.500. The Morgan fingerprint density at radius 3 is 2.72 bits per heavy atom. The van der Waals surface area contributed by atoms with Crippen LogP contribution in [0.25, 0.3) is 0 Å². The molecule has 132 valence electrons. The average molecular weight is 344 g/mol. The first kappa shape index (κ1) is 18.5. The van der Waals surface area contributed by atoms with E-state index in [4.69, 9.17) is 0 Å². The van der Waals surface area contributed by atoms with E-state index in [1.165, 1.54) is 17.3 Å². The third-order valence-electron chi connectivity index (χ3n) is 3.97. The highest BCUT2D eigenvalue weighted by Crippen LogP contribution is 2.18. The van der Waals surface area contributed by atoms with E-state index >= 15 is 0 Å². The number of nitrogens with one attached hydrogen (secondary N) is 1. The van der Waals surface area contributed by atoms with E-state index < -0.39 is 11.7 Å². The zero-order chi connectivity index (χ0) is 18.4. The van der Waals surface area contributed by atoms with Gasteiger partial charge < -0.3 is 10.2 Å². The van der Waals surface area contributed by atoms with E-state index in [9.17, 15) is 14.0 Å². The normalized spacial score (nSPS) is 11.7. The van der Waals surface area contributed by atoms with Crippen LogP contribution in [0.1, 0.15) is 37.1 Å². The second-order valence-electron chi connectivity index (χ2n) is 5.85. The fraction of sp³-hybridized carbons (Fsp3) is 0.333. The van der Waals surface area contributed by atoms with Crippen molar-refractivity contribution in [2.45, 2.75) is 32.7 Å². The summed E-state index contributed by atoms with van der Waals surface area (Å²) in [4.78, 5) is 33.7. The molecule has 1 atom stereocenters. The van der Waals surface area contributed by atoms with Crippen LogP contribution >= 0.6 is 0 Å². The lowest BCUT2D eigenvalue weighted by Gasteiger charge is -2.24. The van der Waals surface area contributed by atoms with Gasteiger partial charge in [0.05, 0.1) is 17.4 Å². The largest absolute Gasteiger partial charge is 0.337 e. The molecule has 2 rings (SSSR count). The second kappa shape index (κ2) is 8.32. The molecule has 1 aromatic heterocycles. The molecule has 1 aromatic carbocycles. The minimum absolute atomic E-state index is 0.0208. The molecule has 25 heavy (non-hydrogen) atoms. The van der Waals surface area contributed by atoms with E-state index in [0.717, 1.165) is 11.3 Å². The highest BCUT2D eigenvalue weighted by Gasteiger charge is 2.19. The van der Waals surface area contributed by atoms with Crippen molar-refractivity contribution in [3.63, 3.8) is 0 Å². The predicted molar refractivity (Wildman–Crippen MR) is 92.2 cm³/mol. The molecule has 0 saturated carbocycles. The Balaban J connectivity index is 1.88. The number of carbonyl (C=O) groups excluding carboxylic acids is 2. The minimum Gasteiger partial charge on any atom is -0.337 e. The highest BCUT2D eigenvalue weighted by atomic mass is 19.1. The van der Waals surface area contributed by atoms with Gasteiger partial charge in [0.1, 0.15) is 12.1 Å². The van der Waals surface area contributed by atoms with Gasteiger partial charge in [-0.15, -0.1) is 0 Å². The molecule has 0 bridgehead atoms. The number of rotatable bonds is 6. The average Bonchev–Trinajstić information content (AvgIpc) is 2.62. The zero-order valence-corrected chi connectivity index (χ0v) is 14.5. The second-order valence-corrected chi connectivity index (χ2v) is 5.85. The van der Waals surface area contributed by atoms with Crippen LogP contribution in [0.2, 0.25) is 0 Å². The predicted octanol–water partition coefficient (Wildman–Crippen LogP) is 2.86. The molecule has 1 heterocycles. The van der Waals surface area contributed by atoms with Crippen LogP contribution in [0.5, 0.6) is 0 Å². The fourth-order valence-corrected chi connectivity index (χ4v) is 2.31. The van der Waals surface area contributed by atoms with Gasteiger partial charge in [-0.3, -0.25) is 9.59 Å². The Morgan fingerprint density at radius 1 is 1.28 bits per heavy atom. The van der Waals surface area contributed by atoms with Gasteiger partial charge in [0, 0.05) is 26.1 Å². The topological polar surface area (TPSA) is 75.2 Å². The van der Waals surface area contributed by atoms with Gasteiger partial charge in [0.25, 0.3) is 0 Å². The van der Waals surface area contributed by atoms with Gasteiger partial charge in [-0.1, -0.05) is 6.07 Å². The van der Waals surface area contributed by atoms with Crippen LogP contribution in [-0.2, 0) is 9.59 Å². The quantitative estimate of drug-likeness (QED) is 0.874. The Hall–Kier alpha value is -2.83. The van der Waals surface area contributed by atoms with Crippen LogP contribution in [0, 0.1) is 12.7 Å². The van der Waals surface area contributed by atoms with E-state index in [0.29, 0.717) is 0 Å². The summed E-state index contributed by atoms with van der Waals surface area (Å²) in [6.45, 7) is 3.66. The van der Waals surface area contributed by atoms with E-state index in [1.807, 2.05) is 13.8 Å². The van der Waals surface area contributed by atoms with Crippen molar-refractivity contribution in [2.24, 2.45) is 0 Å². The lowest BCUT2D eigenvalue weighted by molar-refractivity contribution is -0.133. The smallest absolute Gasteiger partial charge is 0.224 e. The molecule has 6 nitrogen and oxygen atoms in total. The summed E-state index contributed by atoms with van der Waals surface area (Å²) in [7, 11) is 1.66. The number of benzene rings is 1. The molecule has 2 aromatic rings. The van der Waals surface area contributed by atoms with Gasteiger partial charge in [-0.2, -0.15) is 0 Å². The van der Waals surface area contributed by atoms with Crippen LogP contribution in [-0.4, -0.2) is 33.7 Å². The summed E-state index contributed by atoms with van der Waals surface area (Å²) < 4.78 is 13.6. The molecule has 1 N–H and O–H groups in total. The van der Waals surface area contributed by atoms with Crippen molar-refractivity contribution in [3.05, 3.63) is 53.9 Å². The van der Waals surface area contributed by atoms with Crippen molar-refractivity contribution < 1.29 is 14.0 Å². The SMILES string of the molecule is Cc1ccc(F)c(NC(=O)CCC(=O)N(C)[C@@H](C)c2ccncn2)c1. The van der Waals surface area contributed by atoms with Crippen LogP contribution < -0.4 is 5.32 Å². The maximum Gasteiger partial charge on any atom is 0.224 e. The summed E-state index contributed by atoms with van der Waals surface area (Å²) in [6.07, 6.45) is 3.05. The number of anilines is 1. The van der Waals surface area contributed by atoms with Crippen LogP contribution in [0.15, 0.2) is 36.8 Å². The number of hydrogen-bond donors (Lipinski definition) is 1. The number of aryl methyl sites for hydroxylation is 1. The summed E-state index contributed by atoms with van der Waals surface area (Å²) >= 11 is 0. The number of carbonyl (C=O) groups is 2. The van der Waals surface area contributed by atoms with Crippen LogP contribution in [0.4, 0.5) is 10.1 Å². The first-order chi connectivity index (χ1) is 11.9. The fourth-order valence-electron chi connectivity index (χ4n) is 2.31. The molecule has 7 heteroatoms. The molecule has 0 aliphatic rings. The summed E-state index contributed by atoms with van der Waals surface area (Å²) in [5.74, 6) is -1.09. The van der Waals surface area contributed by atoms with Crippen molar-refractivity contribution in [3.8, 4) is 0 Å². The first-order valence-corrected chi connectivity index (χ1v) is 7.96. The van der Waals surface area contributed by atoms with E-state index in [1.54, 1.807) is 31.4 Å². The molecule has 0 saturated heterocycles. The molecule has 0 aliphatic heterocycles. The Kier molecular flexibility index (Phi) is 6.16. The lowest BCUT2D eigenvalue weighted by atomic mass is 10.1. The van der Waals surface area contributed by atoms with Crippen LogP contribution in [0.3, 0.4) is 0 Å². The molecule has 2 amide bonds. The van der Waals surface area contributed by atoms with Crippen molar-refractivity contribution >= 4 is 17.5 Å². The zero-order valence-electron chi connectivity index (χ0n) is 14.5. The van der Waals surface area contributed by atoms with Crippen molar-refractivity contribution in [1.82, 2.24) is 14.9 Å². The van der Waals surface area contributed by atoms with E-state index in [2.05, 4.69) is 15.3 Å². The summed E-state index contributed by atoms with van der Waals surface area (Å²) in [5, 5.41) is 2.50. The molecule has 0 unspecified atom stereocenters. The number of hydrogen-bond acceptors (Lipinski definition) is 4. The third kappa shape index (κ3) is 5.07. The molecular formula is C18H21FN4O2. The van der Waals surface area contributed by atoms with Gasteiger partial charge in [-0.05, 0) is 37.6 Å². The first-order valence-electron chi connectivity index (χ1n) is 7.96. The lowest BCUT2D eigenvalue weighted by Crippen LogP contribution is -2.30. The Bertz CT molecular complexity index is 752. The van der Waals surface area contributed by atoms with Crippen molar-refractivity contribution in [1.29, 1.82) is 0 Å². The molecular weight excluding hydrogens is 323 g/mol. The van der Waals surface area contributed by atoms with E-state index in [-0.39, 0.29) is 30.5 Å². The standard InChI is InChI=1S/C18H21FN4O2/c1-12-4-5-14(19)16(10-12)22-17(24)6-7-18(25)23(3)13(2)15-8-9-20-11-21-15/h4-5,8-11,13H,6-7H2,1-3H3,(H,22,24)/t13-/m0/s1. The van der Waals surface area contributed by atoms with Gasteiger partial charge in [0.15, 0.2) is 0 Å². The monoisotopic (exact) mass is 344 g/mol. The summed E-state index contributed by atoms with van der Waals surface area (Å²) in [6, 6.07) is 5.98. The maximum absolute atomic E-state index is 13.6. The number of aromatic nitrogens is 2. The molecule has 0 fully saturated rings. The Morgan fingerprint density at radius 2 is 2.04 bits per heavy atom. The van der Waals surface area contributed by atoms with Gasteiger partial charge >= 0.3 is 0 Å². The number of halogens is 1. The molecule has 0 aliphatic carbocycles. The maximum atomic E-state index is 13.6. The number of nitrogens with zero attached hydrogens (tertiary/aromatic N) is 3. The third-order valence-corrected chi connectivity index (χ3v) is 3.97. The Labute approximate surface area is 146 Å². The molecule has 0 radical (unpaired) electrons.